The van der Waals surface area contributed by atoms with Crippen LogP contribution in [0.2, 0.25) is 0 Å². The summed E-state index contributed by atoms with van der Waals surface area (Å²) in [5, 5.41) is 22.9. The van der Waals surface area contributed by atoms with E-state index in [0.29, 0.717) is 0 Å². The molecule has 0 aromatic heterocycles. The van der Waals surface area contributed by atoms with E-state index >= 15 is 0 Å². The molecule has 0 radical (unpaired) electrons. The van der Waals surface area contributed by atoms with Crippen LogP contribution >= 0.6 is 0 Å². The maximum Gasteiger partial charge on any atom is -0.00266 e. The van der Waals surface area contributed by atoms with E-state index in [2.05, 4.69) is 146 Å². The van der Waals surface area contributed by atoms with Gasteiger partial charge in [-0.2, -0.15) is 0 Å². The Morgan fingerprint density at radius 1 is 0.190 bits per heavy atom. The fourth-order valence-electron chi connectivity index (χ4n) is 7.33. The van der Waals surface area contributed by atoms with Crippen molar-refractivity contribution >= 4 is 97.0 Å². The molecule has 0 atom stereocenters. The van der Waals surface area contributed by atoms with Crippen molar-refractivity contribution in [2.24, 2.45) is 0 Å². The molecule has 0 unspecified atom stereocenters. The molecule has 0 heterocycles. The van der Waals surface area contributed by atoms with Crippen LogP contribution in [-0.4, -0.2) is 0 Å². The first kappa shape index (κ1) is 22.3. The normalized spacial score (nSPS) is 12.3. The molecule has 42 heavy (non-hydrogen) atoms. The Morgan fingerprint density at radius 3 is 0.952 bits per heavy atom. The second kappa shape index (κ2) is 8.06. The van der Waals surface area contributed by atoms with Crippen LogP contribution in [0.4, 0.5) is 0 Å². The van der Waals surface area contributed by atoms with Crippen molar-refractivity contribution in [2.75, 3.05) is 0 Å². The van der Waals surface area contributed by atoms with Gasteiger partial charge in [-0.25, -0.2) is 0 Å². The number of rotatable bonds is 0. The molecule has 10 bridgehead atoms. The summed E-state index contributed by atoms with van der Waals surface area (Å²) in [6, 6.07) is 55.1. The first-order valence-corrected chi connectivity index (χ1v) is 14.7. The minimum absolute atomic E-state index is 1.25. The minimum Gasteiger partial charge on any atom is -0.0610 e. The molecule has 0 saturated heterocycles. The standard InChI is InChI=1S/C42H24/c1-2-30-14-8-29-12-18-34-23-41(29)42(30)36(3-1)35-19-13-28-7-6-27-10-16-32(21-39(27)40(28)24-35)31-15-9-25-4-5-26-11-17-33(34)22-38(26)37(25)20-31/h1-24H. The third-order valence-corrected chi connectivity index (χ3v) is 9.52. The van der Waals surface area contributed by atoms with Crippen molar-refractivity contribution in [3.8, 4) is 0 Å². The highest BCUT2D eigenvalue weighted by Crippen LogP contribution is 2.36. The molecule has 0 aliphatic carbocycles. The molecule has 0 fully saturated rings. The molecule has 0 nitrogen and oxygen atoms in total. The molecule has 0 spiro atoms. The van der Waals surface area contributed by atoms with Gasteiger partial charge in [-0.15, -0.1) is 0 Å². The van der Waals surface area contributed by atoms with Crippen LogP contribution in [0.5, 0.6) is 0 Å². The maximum atomic E-state index is 2.41. The molecular weight excluding hydrogens is 504 g/mol. The van der Waals surface area contributed by atoms with Crippen molar-refractivity contribution in [3.63, 3.8) is 0 Å². The fraction of sp³-hybridized carbons (Fsp3) is 0. The molecule has 0 amide bonds. The fourth-order valence-corrected chi connectivity index (χ4v) is 7.33. The van der Waals surface area contributed by atoms with Gasteiger partial charge in [0.25, 0.3) is 0 Å². The van der Waals surface area contributed by atoms with Crippen molar-refractivity contribution in [1.82, 2.24) is 0 Å². The Morgan fingerprint density at radius 2 is 0.500 bits per heavy atom. The molecule has 0 N–H and O–H groups in total. The van der Waals surface area contributed by atoms with Crippen LogP contribution in [0.15, 0.2) is 146 Å². The number of hydrogen-bond acceptors (Lipinski definition) is 0. The molecule has 10 aromatic rings. The lowest BCUT2D eigenvalue weighted by atomic mass is 9.94. The molecular formula is C42H24. The molecule has 0 aliphatic rings. The predicted molar refractivity (Wildman–Crippen MR) is 184 cm³/mol. The van der Waals surface area contributed by atoms with Crippen molar-refractivity contribution in [1.29, 1.82) is 0 Å². The lowest BCUT2D eigenvalue weighted by molar-refractivity contribution is 1.80. The largest absolute Gasteiger partial charge is 0.0610 e. The summed E-state index contributed by atoms with van der Waals surface area (Å²) in [5.41, 5.74) is 0. The smallest absolute Gasteiger partial charge is 0.00266 e. The van der Waals surface area contributed by atoms with E-state index in [1.807, 2.05) is 0 Å². The number of fused-ring (bicyclic) bond motifs is 8. The summed E-state index contributed by atoms with van der Waals surface area (Å²) in [6.07, 6.45) is 0. The zero-order valence-electron chi connectivity index (χ0n) is 22.9. The third-order valence-electron chi connectivity index (χ3n) is 9.52. The van der Waals surface area contributed by atoms with E-state index in [0.717, 1.165) is 0 Å². The van der Waals surface area contributed by atoms with Gasteiger partial charge in [0.1, 0.15) is 0 Å². The van der Waals surface area contributed by atoms with E-state index in [1.165, 1.54) is 97.0 Å². The van der Waals surface area contributed by atoms with Crippen LogP contribution in [0.3, 0.4) is 0 Å². The average molecular weight is 529 g/mol. The Hall–Kier alpha value is -5.46. The van der Waals surface area contributed by atoms with E-state index in [9.17, 15) is 0 Å². The second-order valence-electron chi connectivity index (χ2n) is 11.8. The van der Waals surface area contributed by atoms with E-state index in [4.69, 9.17) is 0 Å². The first-order chi connectivity index (χ1) is 20.8. The predicted octanol–water partition coefficient (Wildman–Crippen LogP) is 12.1. The van der Waals surface area contributed by atoms with Gasteiger partial charge < -0.3 is 0 Å². The Bertz CT molecular complexity index is 2780. The first-order valence-electron chi connectivity index (χ1n) is 14.7. The van der Waals surface area contributed by atoms with E-state index in [-0.39, 0.29) is 0 Å². The van der Waals surface area contributed by atoms with E-state index < -0.39 is 0 Å². The highest BCUT2D eigenvalue weighted by Gasteiger charge is 2.09. The van der Waals surface area contributed by atoms with Crippen LogP contribution in [0.25, 0.3) is 97.0 Å². The molecule has 0 saturated carbocycles. The molecule has 10 aromatic carbocycles. The van der Waals surface area contributed by atoms with Crippen molar-refractivity contribution in [3.05, 3.63) is 146 Å². The van der Waals surface area contributed by atoms with Crippen LogP contribution in [0.1, 0.15) is 0 Å². The topological polar surface area (TPSA) is 0 Å². The molecule has 10 rings (SSSR count). The summed E-state index contributed by atoms with van der Waals surface area (Å²) in [5.74, 6) is 0. The third kappa shape index (κ3) is 3.07. The Balaban J connectivity index is 1.53. The van der Waals surface area contributed by atoms with Gasteiger partial charge in [-0.3, -0.25) is 0 Å². The van der Waals surface area contributed by atoms with Crippen LogP contribution < -0.4 is 0 Å². The van der Waals surface area contributed by atoms with Gasteiger partial charge >= 0.3 is 0 Å². The second-order valence-corrected chi connectivity index (χ2v) is 11.8. The quantitative estimate of drug-likeness (QED) is 0.172. The summed E-state index contributed by atoms with van der Waals surface area (Å²) in [4.78, 5) is 0. The van der Waals surface area contributed by atoms with Crippen molar-refractivity contribution < 1.29 is 0 Å². The SMILES string of the molecule is c1cc2ccc3ccc4cc3c2c(c1)c1ccc2ccc3ccc(cc3c2c1)c1ccc2ccc3ccc4cc3c2c1. The van der Waals surface area contributed by atoms with Crippen molar-refractivity contribution in [2.45, 2.75) is 0 Å². The van der Waals surface area contributed by atoms with Gasteiger partial charge in [-0.1, -0.05) is 115 Å². The van der Waals surface area contributed by atoms with Gasteiger partial charge in [0, 0.05) is 0 Å². The molecule has 0 heteroatoms. The Labute approximate surface area is 242 Å². The van der Waals surface area contributed by atoms with Gasteiger partial charge in [0.05, 0.1) is 0 Å². The zero-order valence-corrected chi connectivity index (χ0v) is 22.9. The van der Waals surface area contributed by atoms with Gasteiger partial charge in [0.2, 0.25) is 0 Å². The summed E-state index contributed by atoms with van der Waals surface area (Å²) in [6.45, 7) is 0. The van der Waals surface area contributed by atoms with E-state index in [1.54, 1.807) is 0 Å². The molecule has 0 aliphatic heterocycles. The average Bonchev–Trinajstić information content (AvgIpc) is 3.06. The number of hydrogen-bond donors (Lipinski definition) is 0. The molecule has 192 valence electrons. The van der Waals surface area contributed by atoms with Gasteiger partial charge in [-0.05, 0) is 127 Å². The summed E-state index contributed by atoms with van der Waals surface area (Å²) < 4.78 is 0. The van der Waals surface area contributed by atoms with Gasteiger partial charge in [0.15, 0.2) is 0 Å². The highest BCUT2D eigenvalue weighted by molar-refractivity contribution is 6.22. The summed E-state index contributed by atoms with van der Waals surface area (Å²) in [7, 11) is 0. The lowest BCUT2D eigenvalue weighted by Gasteiger charge is -2.09. The van der Waals surface area contributed by atoms with Crippen LogP contribution in [-0.2, 0) is 0 Å². The monoisotopic (exact) mass is 528 g/mol. The maximum absolute atomic E-state index is 2.41. The lowest BCUT2D eigenvalue weighted by Crippen LogP contribution is -1.82. The Kier molecular flexibility index (Phi) is 4.27. The highest BCUT2D eigenvalue weighted by atomic mass is 14.1. The summed E-state index contributed by atoms with van der Waals surface area (Å²) >= 11 is 0. The number of benzene rings is 9. The minimum atomic E-state index is 1.25. The van der Waals surface area contributed by atoms with Crippen LogP contribution in [0, 0.1) is 0 Å². The zero-order chi connectivity index (χ0) is 27.4.